The first-order chi connectivity index (χ1) is 6.92. The van der Waals surface area contributed by atoms with Crippen molar-refractivity contribution in [2.24, 2.45) is 5.92 Å². The highest BCUT2D eigenvalue weighted by atomic mass is 15.0. The van der Waals surface area contributed by atoms with Crippen molar-refractivity contribution in [2.45, 2.75) is 12.0 Å². The van der Waals surface area contributed by atoms with E-state index in [-0.39, 0.29) is 0 Å². The van der Waals surface area contributed by atoms with Gasteiger partial charge >= 0.3 is 0 Å². The van der Waals surface area contributed by atoms with Crippen molar-refractivity contribution >= 4 is 0 Å². The quantitative estimate of drug-likeness (QED) is 0.693. The molecule has 1 aromatic carbocycles. The Labute approximate surface area is 84.7 Å². The van der Waals surface area contributed by atoms with Crippen LogP contribution in [0.2, 0.25) is 0 Å². The Morgan fingerprint density at radius 2 is 2.00 bits per heavy atom. The Bertz CT molecular complexity index is 333. The third-order valence-corrected chi connectivity index (χ3v) is 3.73. The normalized spacial score (nSPS) is 34.2. The largest absolute Gasteiger partial charge is 0.316 e. The zero-order valence-electron chi connectivity index (χ0n) is 8.46. The van der Waals surface area contributed by atoms with E-state index in [1.807, 2.05) is 0 Å². The molecule has 0 amide bonds. The van der Waals surface area contributed by atoms with E-state index in [0.29, 0.717) is 6.04 Å². The number of nitrogens with one attached hydrogen (secondary N) is 2. The molecule has 0 aromatic heterocycles. The molecule has 14 heavy (non-hydrogen) atoms. The lowest BCUT2D eigenvalue weighted by Gasteiger charge is -2.17. The lowest BCUT2D eigenvalue weighted by atomic mass is 9.95. The third-order valence-electron chi connectivity index (χ3n) is 3.73. The van der Waals surface area contributed by atoms with Crippen LogP contribution in [0.15, 0.2) is 24.3 Å². The number of hydrogen-bond donors (Lipinski definition) is 2. The molecule has 1 heterocycles. The van der Waals surface area contributed by atoms with E-state index in [0.717, 1.165) is 24.9 Å². The van der Waals surface area contributed by atoms with Gasteiger partial charge in [-0.25, -0.2) is 0 Å². The van der Waals surface area contributed by atoms with Crippen LogP contribution in [0.1, 0.15) is 23.1 Å². The van der Waals surface area contributed by atoms with Gasteiger partial charge < -0.3 is 10.6 Å². The molecule has 2 heteroatoms. The van der Waals surface area contributed by atoms with E-state index in [1.165, 1.54) is 5.56 Å². The Hall–Kier alpha value is -0.860. The summed E-state index contributed by atoms with van der Waals surface area (Å²) in [5.41, 5.74) is 3.08. The standard InChI is InChI=1S/C12H16N2/c1-13-12-9-5-3-2-4-8(9)10-6-14-7-11(10)12/h2-5,10-14H,6-7H2,1H3/t10-,11-,12?/m0/s1. The SMILES string of the molecule is CNC1c2ccccc2[C@@H]2CNC[C@H]12. The summed E-state index contributed by atoms with van der Waals surface area (Å²) in [6, 6.07) is 9.43. The maximum Gasteiger partial charge on any atom is 0.0367 e. The van der Waals surface area contributed by atoms with Gasteiger partial charge in [-0.2, -0.15) is 0 Å². The second kappa shape index (κ2) is 3.07. The van der Waals surface area contributed by atoms with Gasteiger partial charge in [-0.05, 0) is 24.1 Å². The van der Waals surface area contributed by atoms with Gasteiger partial charge in [0.05, 0.1) is 0 Å². The molecule has 3 atom stereocenters. The number of benzene rings is 1. The summed E-state index contributed by atoms with van der Waals surface area (Å²) in [6.45, 7) is 2.31. The van der Waals surface area contributed by atoms with E-state index >= 15 is 0 Å². The molecular weight excluding hydrogens is 172 g/mol. The molecule has 1 aliphatic carbocycles. The molecule has 0 radical (unpaired) electrons. The van der Waals surface area contributed by atoms with Crippen molar-refractivity contribution in [3.8, 4) is 0 Å². The zero-order valence-corrected chi connectivity index (χ0v) is 8.46. The summed E-state index contributed by atoms with van der Waals surface area (Å²) < 4.78 is 0. The van der Waals surface area contributed by atoms with Crippen molar-refractivity contribution < 1.29 is 0 Å². The molecular formula is C12H16N2. The van der Waals surface area contributed by atoms with Gasteiger partial charge in [-0.1, -0.05) is 24.3 Å². The smallest absolute Gasteiger partial charge is 0.0367 e. The van der Waals surface area contributed by atoms with Gasteiger partial charge in [0.25, 0.3) is 0 Å². The first-order valence-electron chi connectivity index (χ1n) is 5.38. The van der Waals surface area contributed by atoms with Gasteiger partial charge in [0, 0.05) is 25.0 Å². The molecule has 1 aromatic rings. The predicted molar refractivity (Wildman–Crippen MR) is 57.3 cm³/mol. The third kappa shape index (κ3) is 0.983. The minimum Gasteiger partial charge on any atom is -0.316 e. The lowest BCUT2D eigenvalue weighted by Crippen LogP contribution is -2.24. The maximum absolute atomic E-state index is 3.49. The van der Waals surface area contributed by atoms with Crippen LogP contribution in [0.5, 0.6) is 0 Å². The Kier molecular flexibility index (Phi) is 1.85. The molecule has 3 rings (SSSR count). The highest BCUT2D eigenvalue weighted by molar-refractivity contribution is 5.41. The summed E-state index contributed by atoms with van der Waals surface area (Å²) in [5.74, 6) is 1.50. The van der Waals surface area contributed by atoms with Crippen LogP contribution >= 0.6 is 0 Å². The zero-order chi connectivity index (χ0) is 9.54. The number of fused-ring (bicyclic) bond motifs is 3. The minimum absolute atomic E-state index is 0.561. The van der Waals surface area contributed by atoms with Crippen molar-refractivity contribution in [3.63, 3.8) is 0 Å². The summed E-state index contributed by atoms with van der Waals surface area (Å²) in [6.07, 6.45) is 0. The number of rotatable bonds is 1. The predicted octanol–water partition coefficient (Wildman–Crippen LogP) is 1.26. The van der Waals surface area contributed by atoms with Crippen LogP contribution in [0.3, 0.4) is 0 Å². The van der Waals surface area contributed by atoms with Crippen molar-refractivity contribution in [3.05, 3.63) is 35.4 Å². The molecule has 0 saturated carbocycles. The molecule has 0 spiro atoms. The summed E-state index contributed by atoms with van der Waals surface area (Å²) in [7, 11) is 2.07. The molecule has 0 bridgehead atoms. The van der Waals surface area contributed by atoms with E-state index < -0.39 is 0 Å². The fourth-order valence-corrected chi connectivity index (χ4v) is 3.12. The fourth-order valence-electron chi connectivity index (χ4n) is 3.12. The van der Waals surface area contributed by atoms with Crippen LogP contribution in [0.4, 0.5) is 0 Å². The van der Waals surface area contributed by atoms with Crippen molar-refractivity contribution in [2.75, 3.05) is 20.1 Å². The molecule has 1 aliphatic heterocycles. The highest BCUT2D eigenvalue weighted by Gasteiger charge is 2.42. The van der Waals surface area contributed by atoms with E-state index in [2.05, 4.69) is 41.9 Å². The van der Waals surface area contributed by atoms with Crippen LogP contribution in [-0.4, -0.2) is 20.1 Å². The van der Waals surface area contributed by atoms with E-state index in [1.54, 1.807) is 5.56 Å². The second-order valence-corrected chi connectivity index (χ2v) is 4.32. The maximum atomic E-state index is 3.49. The Balaban J connectivity index is 2.09. The molecule has 74 valence electrons. The molecule has 1 fully saturated rings. The van der Waals surface area contributed by atoms with Crippen LogP contribution < -0.4 is 10.6 Å². The highest BCUT2D eigenvalue weighted by Crippen LogP contribution is 2.46. The van der Waals surface area contributed by atoms with Crippen LogP contribution in [0, 0.1) is 5.92 Å². The average Bonchev–Trinajstić information content (AvgIpc) is 2.77. The van der Waals surface area contributed by atoms with Crippen LogP contribution in [0.25, 0.3) is 0 Å². The number of hydrogen-bond acceptors (Lipinski definition) is 2. The summed E-state index contributed by atoms with van der Waals surface area (Å²) in [4.78, 5) is 0. The van der Waals surface area contributed by atoms with Gasteiger partial charge in [0.15, 0.2) is 0 Å². The molecule has 2 N–H and O–H groups in total. The van der Waals surface area contributed by atoms with Gasteiger partial charge in [0.2, 0.25) is 0 Å². The Morgan fingerprint density at radius 1 is 1.21 bits per heavy atom. The van der Waals surface area contributed by atoms with Gasteiger partial charge in [0.1, 0.15) is 0 Å². The second-order valence-electron chi connectivity index (χ2n) is 4.32. The van der Waals surface area contributed by atoms with E-state index in [4.69, 9.17) is 0 Å². The first-order valence-corrected chi connectivity index (χ1v) is 5.38. The Morgan fingerprint density at radius 3 is 2.79 bits per heavy atom. The van der Waals surface area contributed by atoms with Crippen molar-refractivity contribution in [1.29, 1.82) is 0 Å². The molecule has 2 nitrogen and oxygen atoms in total. The summed E-state index contributed by atoms with van der Waals surface area (Å²) >= 11 is 0. The van der Waals surface area contributed by atoms with Crippen LogP contribution in [-0.2, 0) is 0 Å². The monoisotopic (exact) mass is 188 g/mol. The van der Waals surface area contributed by atoms with E-state index in [9.17, 15) is 0 Å². The average molecular weight is 188 g/mol. The van der Waals surface area contributed by atoms with Gasteiger partial charge in [-0.15, -0.1) is 0 Å². The van der Waals surface area contributed by atoms with Crippen molar-refractivity contribution in [1.82, 2.24) is 10.6 Å². The molecule has 1 saturated heterocycles. The topological polar surface area (TPSA) is 24.1 Å². The molecule has 1 unspecified atom stereocenters. The first kappa shape index (κ1) is 8.45. The summed E-state index contributed by atoms with van der Waals surface area (Å²) in [5, 5.41) is 6.94. The lowest BCUT2D eigenvalue weighted by molar-refractivity contribution is 0.417. The molecule has 2 aliphatic rings. The minimum atomic E-state index is 0.561. The van der Waals surface area contributed by atoms with Gasteiger partial charge in [-0.3, -0.25) is 0 Å². The fraction of sp³-hybridized carbons (Fsp3) is 0.500.